The monoisotopic (exact) mass is 253 g/mol. The smallest absolute Gasteiger partial charge is 0.0809 e. The van der Waals surface area contributed by atoms with Gasteiger partial charge in [0.15, 0.2) is 0 Å². The van der Waals surface area contributed by atoms with Crippen LogP contribution in [0.2, 0.25) is 0 Å². The molecule has 0 amide bonds. The highest BCUT2D eigenvalue weighted by molar-refractivity contribution is 5.14. The number of hydrogen-bond acceptors (Lipinski definition) is 4. The van der Waals surface area contributed by atoms with Crippen LogP contribution in [0, 0.1) is 0 Å². The molecule has 0 aliphatic heterocycles. The predicted octanol–water partition coefficient (Wildman–Crippen LogP) is 1.53. The number of nitrogens with one attached hydrogen (secondary N) is 1. The van der Waals surface area contributed by atoms with Crippen LogP contribution in [0.25, 0.3) is 0 Å². The van der Waals surface area contributed by atoms with Gasteiger partial charge in [-0.1, -0.05) is 13.8 Å². The maximum atomic E-state index is 5.81. The van der Waals surface area contributed by atoms with Crippen LogP contribution in [0.5, 0.6) is 0 Å². The van der Waals surface area contributed by atoms with Gasteiger partial charge in [0.1, 0.15) is 0 Å². The Morgan fingerprint density at radius 2 is 2.17 bits per heavy atom. The van der Waals surface area contributed by atoms with Crippen LogP contribution in [-0.2, 0) is 6.54 Å². The Kier molecular flexibility index (Phi) is 5.31. The highest BCUT2D eigenvalue weighted by atomic mass is 15.3. The summed E-state index contributed by atoms with van der Waals surface area (Å²) in [5.41, 5.74) is 4.08. The molecular formula is C13H27N5. The molecule has 0 aliphatic rings. The molecule has 0 fully saturated rings. The number of nitrogens with zero attached hydrogens (tertiary/aromatic N) is 3. The molecule has 0 bridgehead atoms. The fourth-order valence-electron chi connectivity index (χ4n) is 2.35. The highest BCUT2D eigenvalue weighted by Crippen LogP contribution is 2.32. The van der Waals surface area contributed by atoms with E-state index in [1.54, 1.807) is 0 Å². The third-order valence-electron chi connectivity index (χ3n) is 4.01. The van der Waals surface area contributed by atoms with Crippen LogP contribution in [0.3, 0.4) is 0 Å². The van der Waals surface area contributed by atoms with Crippen molar-refractivity contribution in [2.24, 2.45) is 5.84 Å². The lowest BCUT2D eigenvalue weighted by Gasteiger charge is -2.42. The van der Waals surface area contributed by atoms with Gasteiger partial charge in [-0.2, -0.15) is 5.10 Å². The van der Waals surface area contributed by atoms with Crippen molar-refractivity contribution < 1.29 is 0 Å². The Labute approximate surface area is 110 Å². The molecule has 0 saturated heterocycles. The van der Waals surface area contributed by atoms with E-state index in [4.69, 9.17) is 5.84 Å². The van der Waals surface area contributed by atoms with Crippen LogP contribution in [0.15, 0.2) is 12.3 Å². The average Bonchev–Trinajstić information content (AvgIpc) is 2.78. The molecule has 104 valence electrons. The minimum absolute atomic E-state index is 0.0414. The predicted molar refractivity (Wildman–Crippen MR) is 75.0 cm³/mol. The molecule has 0 aromatic carbocycles. The summed E-state index contributed by atoms with van der Waals surface area (Å²) < 4.78 is 2.04. The summed E-state index contributed by atoms with van der Waals surface area (Å²) in [5, 5.41) is 4.38. The third kappa shape index (κ3) is 2.74. The molecule has 2 unspecified atom stereocenters. The van der Waals surface area contributed by atoms with E-state index in [-0.39, 0.29) is 11.6 Å². The molecule has 1 aromatic rings. The standard InChI is InChI=1S/C13H27N5/c1-6-10-18-11(8-9-15-18)12(16-14)13(3,7-2)17(4)5/h8-9,12,16H,6-7,10,14H2,1-5H3. The summed E-state index contributed by atoms with van der Waals surface area (Å²) >= 11 is 0. The summed E-state index contributed by atoms with van der Waals surface area (Å²) in [6, 6.07) is 2.11. The molecule has 0 radical (unpaired) electrons. The number of nitrogens with two attached hydrogens (primary N) is 1. The van der Waals surface area contributed by atoms with Gasteiger partial charge < -0.3 is 4.90 Å². The molecule has 1 aromatic heterocycles. The second-order valence-corrected chi connectivity index (χ2v) is 5.18. The molecule has 5 heteroatoms. The van der Waals surface area contributed by atoms with Crippen molar-refractivity contribution in [3.63, 3.8) is 0 Å². The van der Waals surface area contributed by atoms with E-state index in [0.717, 1.165) is 25.1 Å². The van der Waals surface area contributed by atoms with Gasteiger partial charge in [-0.05, 0) is 39.9 Å². The highest BCUT2D eigenvalue weighted by Gasteiger charge is 2.36. The molecule has 18 heavy (non-hydrogen) atoms. The molecule has 2 atom stereocenters. The van der Waals surface area contributed by atoms with Gasteiger partial charge in [-0.3, -0.25) is 10.5 Å². The third-order valence-corrected chi connectivity index (χ3v) is 4.01. The van der Waals surface area contributed by atoms with E-state index in [1.807, 2.05) is 10.9 Å². The molecule has 0 aliphatic carbocycles. The van der Waals surface area contributed by atoms with E-state index >= 15 is 0 Å². The molecule has 3 N–H and O–H groups in total. The van der Waals surface area contributed by atoms with Crippen LogP contribution in [0.4, 0.5) is 0 Å². The van der Waals surface area contributed by atoms with E-state index in [1.165, 1.54) is 0 Å². The minimum atomic E-state index is -0.0414. The maximum Gasteiger partial charge on any atom is 0.0809 e. The van der Waals surface area contributed by atoms with Crippen molar-refractivity contribution in [2.45, 2.75) is 51.7 Å². The minimum Gasteiger partial charge on any atom is -0.302 e. The first-order valence-corrected chi connectivity index (χ1v) is 6.66. The van der Waals surface area contributed by atoms with Gasteiger partial charge in [-0.25, -0.2) is 5.43 Å². The summed E-state index contributed by atoms with van der Waals surface area (Å²) in [4.78, 5) is 2.22. The molecule has 1 heterocycles. The zero-order valence-corrected chi connectivity index (χ0v) is 12.3. The quantitative estimate of drug-likeness (QED) is 0.571. The summed E-state index contributed by atoms with van der Waals surface area (Å²) in [7, 11) is 4.18. The molecule has 1 rings (SSSR count). The van der Waals surface area contributed by atoms with Gasteiger partial charge in [0.25, 0.3) is 0 Å². The Morgan fingerprint density at radius 1 is 1.50 bits per heavy atom. The lowest BCUT2D eigenvalue weighted by molar-refractivity contribution is 0.108. The number of hydrazine groups is 1. The van der Waals surface area contributed by atoms with Crippen molar-refractivity contribution in [1.29, 1.82) is 0 Å². The number of hydrogen-bond donors (Lipinski definition) is 2. The Hall–Kier alpha value is -0.910. The Balaban J connectivity index is 3.11. The first kappa shape index (κ1) is 15.1. The van der Waals surface area contributed by atoms with Crippen molar-refractivity contribution in [3.8, 4) is 0 Å². The number of aromatic nitrogens is 2. The Morgan fingerprint density at radius 3 is 2.61 bits per heavy atom. The molecule has 0 saturated carbocycles. The van der Waals surface area contributed by atoms with Crippen LogP contribution in [-0.4, -0.2) is 34.3 Å². The summed E-state index contributed by atoms with van der Waals surface area (Å²) in [6.07, 6.45) is 3.92. The normalized spacial score (nSPS) is 16.8. The van der Waals surface area contributed by atoms with E-state index < -0.39 is 0 Å². The fourth-order valence-corrected chi connectivity index (χ4v) is 2.35. The topological polar surface area (TPSA) is 59.1 Å². The first-order chi connectivity index (χ1) is 8.51. The largest absolute Gasteiger partial charge is 0.302 e. The van der Waals surface area contributed by atoms with Crippen molar-refractivity contribution in [3.05, 3.63) is 18.0 Å². The van der Waals surface area contributed by atoms with E-state index in [0.29, 0.717) is 0 Å². The van der Waals surface area contributed by atoms with Gasteiger partial charge in [0.2, 0.25) is 0 Å². The zero-order valence-electron chi connectivity index (χ0n) is 12.3. The molecule has 0 spiro atoms. The van der Waals surface area contributed by atoms with Crippen LogP contribution in [0.1, 0.15) is 45.3 Å². The van der Waals surface area contributed by atoms with Gasteiger partial charge in [0, 0.05) is 18.3 Å². The first-order valence-electron chi connectivity index (χ1n) is 6.66. The second kappa shape index (κ2) is 6.31. The lowest BCUT2D eigenvalue weighted by atomic mass is 9.86. The second-order valence-electron chi connectivity index (χ2n) is 5.18. The Bertz CT molecular complexity index is 360. The number of likely N-dealkylation sites (N-methyl/N-ethyl adjacent to an activating group) is 1. The molecular weight excluding hydrogens is 226 g/mol. The van der Waals surface area contributed by atoms with Crippen molar-refractivity contribution in [2.75, 3.05) is 14.1 Å². The summed E-state index contributed by atoms with van der Waals surface area (Å²) in [5.74, 6) is 5.81. The SMILES string of the molecule is CCCn1nccc1C(NN)C(C)(CC)N(C)C. The number of aryl methyl sites for hydroxylation is 1. The zero-order chi connectivity index (χ0) is 13.8. The van der Waals surface area contributed by atoms with Crippen LogP contribution < -0.4 is 11.3 Å². The van der Waals surface area contributed by atoms with E-state index in [9.17, 15) is 0 Å². The van der Waals surface area contributed by atoms with Crippen molar-refractivity contribution >= 4 is 0 Å². The van der Waals surface area contributed by atoms with Crippen LogP contribution >= 0.6 is 0 Å². The molecule has 5 nitrogen and oxygen atoms in total. The maximum absolute atomic E-state index is 5.81. The van der Waals surface area contributed by atoms with Gasteiger partial charge >= 0.3 is 0 Å². The lowest BCUT2D eigenvalue weighted by Crippen LogP contribution is -2.53. The van der Waals surface area contributed by atoms with Crippen molar-refractivity contribution in [1.82, 2.24) is 20.1 Å². The van der Waals surface area contributed by atoms with E-state index in [2.05, 4.69) is 56.4 Å². The fraction of sp³-hybridized carbons (Fsp3) is 0.769. The average molecular weight is 253 g/mol. The number of rotatable bonds is 7. The van der Waals surface area contributed by atoms with Gasteiger partial charge in [0.05, 0.1) is 11.7 Å². The van der Waals surface area contributed by atoms with Gasteiger partial charge in [-0.15, -0.1) is 0 Å². The summed E-state index contributed by atoms with van der Waals surface area (Å²) in [6.45, 7) is 7.49.